The minimum atomic E-state index is -2.71. The summed E-state index contributed by atoms with van der Waals surface area (Å²) < 4.78 is 26.0. The zero-order valence-corrected chi connectivity index (χ0v) is 9.55. The Morgan fingerprint density at radius 1 is 1.19 bits per heavy atom. The topological polar surface area (TPSA) is 43.7 Å². The lowest BCUT2D eigenvalue weighted by molar-refractivity contribution is -0.261. The van der Waals surface area contributed by atoms with Gasteiger partial charge in [0.1, 0.15) is 0 Å². The van der Waals surface area contributed by atoms with Crippen LogP contribution in [-0.2, 0) is 0 Å². The van der Waals surface area contributed by atoms with Gasteiger partial charge in [0.15, 0.2) is 0 Å². The highest BCUT2D eigenvalue weighted by Crippen LogP contribution is 2.59. The fraction of sp³-hybridized carbons (Fsp3) is 1.00. The maximum atomic E-state index is 13.0. The van der Waals surface area contributed by atoms with Gasteiger partial charge in [0.05, 0.1) is 12.2 Å². The lowest BCUT2D eigenvalue weighted by Gasteiger charge is -2.57. The van der Waals surface area contributed by atoms with Crippen LogP contribution in [0.4, 0.5) is 8.78 Å². The molecule has 0 amide bonds. The molecule has 0 radical (unpaired) electrons. The van der Waals surface area contributed by atoms with Gasteiger partial charge in [-0.1, -0.05) is 0 Å². The van der Waals surface area contributed by atoms with Crippen molar-refractivity contribution >= 4 is 0 Å². The highest BCUT2D eigenvalue weighted by atomic mass is 19.3. The van der Waals surface area contributed by atoms with Crippen molar-refractivity contribution in [3.8, 4) is 0 Å². The Morgan fingerprint density at radius 2 is 1.69 bits per heavy atom. The van der Waals surface area contributed by atoms with E-state index in [4.69, 9.17) is 0 Å². The molecule has 2 aliphatic rings. The van der Waals surface area contributed by atoms with Crippen LogP contribution in [0.1, 0.15) is 25.7 Å². The van der Waals surface area contributed by atoms with Crippen LogP contribution in [0.5, 0.6) is 0 Å². The first kappa shape index (κ1) is 12.2. The lowest BCUT2D eigenvalue weighted by atomic mass is 9.54. The average Bonchev–Trinajstić information content (AvgIpc) is 2.18. The highest BCUT2D eigenvalue weighted by Gasteiger charge is 2.65. The maximum absolute atomic E-state index is 13.0. The lowest BCUT2D eigenvalue weighted by Crippen LogP contribution is -2.64. The molecule has 0 aromatic rings. The SMILES string of the molecule is CN1CCC(O)(C2(CO)CC(F)(F)C2)CC1. The van der Waals surface area contributed by atoms with Crippen molar-refractivity contribution in [3.05, 3.63) is 0 Å². The Balaban J connectivity index is 2.10. The van der Waals surface area contributed by atoms with E-state index in [1.54, 1.807) is 0 Å². The summed E-state index contributed by atoms with van der Waals surface area (Å²) >= 11 is 0. The number of rotatable bonds is 2. The Morgan fingerprint density at radius 3 is 2.06 bits per heavy atom. The van der Waals surface area contributed by atoms with E-state index < -0.39 is 16.9 Å². The number of halogens is 2. The van der Waals surface area contributed by atoms with Gasteiger partial charge in [0.2, 0.25) is 5.92 Å². The first-order valence-electron chi connectivity index (χ1n) is 5.72. The molecule has 0 spiro atoms. The predicted octanol–water partition coefficient (Wildman–Crippen LogP) is 0.851. The van der Waals surface area contributed by atoms with Crippen molar-refractivity contribution in [1.82, 2.24) is 4.90 Å². The molecule has 1 aliphatic carbocycles. The molecule has 2 N–H and O–H groups in total. The van der Waals surface area contributed by atoms with Crippen LogP contribution in [0.2, 0.25) is 0 Å². The smallest absolute Gasteiger partial charge is 0.249 e. The molecule has 0 aromatic carbocycles. The molecule has 1 heterocycles. The average molecular weight is 235 g/mol. The molecule has 2 fully saturated rings. The van der Waals surface area contributed by atoms with Crippen molar-refractivity contribution in [2.75, 3.05) is 26.7 Å². The number of aliphatic hydroxyl groups excluding tert-OH is 1. The fourth-order valence-electron chi connectivity index (χ4n) is 3.05. The molecule has 1 saturated carbocycles. The van der Waals surface area contributed by atoms with Crippen LogP contribution in [0, 0.1) is 5.41 Å². The third-order valence-electron chi connectivity index (χ3n) is 4.30. The van der Waals surface area contributed by atoms with Crippen LogP contribution < -0.4 is 0 Å². The monoisotopic (exact) mass is 235 g/mol. The summed E-state index contributed by atoms with van der Waals surface area (Å²) in [5, 5.41) is 19.8. The molecule has 94 valence electrons. The molecule has 0 bridgehead atoms. The second kappa shape index (κ2) is 3.62. The third-order valence-corrected chi connectivity index (χ3v) is 4.30. The van der Waals surface area contributed by atoms with Crippen LogP contribution in [0.25, 0.3) is 0 Å². The fourth-order valence-corrected chi connectivity index (χ4v) is 3.05. The maximum Gasteiger partial charge on any atom is 0.249 e. The molecule has 2 rings (SSSR count). The third kappa shape index (κ3) is 1.75. The van der Waals surface area contributed by atoms with Gasteiger partial charge in [0.25, 0.3) is 0 Å². The molecule has 16 heavy (non-hydrogen) atoms. The van der Waals surface area contributed by atoms with E-state index in [0.29, 0.717) is 25.9 Å². The van der Waals surface area contributed by atoms with Gasteiger partial charge in [-0.05, 0) is 19.9 Å². The summed E-state index contributed by atoms with van der Waals surface area (Å²) in [5.74, 6) is -2.71. The second-order valence-corrected chi connectivity index (χ2v) is 5.48. The second-order valence-electron chi connectivity index (χ2n) is 5.48. The van der Waals surface area contributed by atoms with E-state index in [1.807, 2.05) is 7.05 Å². The summed E-state index contributed by atoms with van der Waals surface area (Å²) in [4.78, 5) is 2.07. The summed E-state index contributed by atoms with van der Waals surface area (Å²) in [7, 11) is 1.95. The first-order chi connectivity index (χ1) is 7.33. The number of aliphatic hydroxyl groups is 2. The molecular weight excluding hydrogens is 216 g/mol. The van der Waals surface area contributed by atoms with Crippen LogP contribution >= 0.6 is 0 Å². The zero-order chi connectivity index (χ0) is 12.0. The Hall–Kier alpha value is -0.260. The number of hydrogen-bond acceptors (Lipinski definition) is 3. The molecule has 3 nitrogen and oxygen atoms in total. The van der Waals surface area contributed by atoms with Crippen LogP contribution in [0.3, 0.4) is 0 Å². The van der Waals surface area contributed by atoms with Crippen LogP contribution in [0.15, 0.2) is 0 Å². The normalized spacial score (nSPS) is 32.1. The minimum Gasteiger partial charge on any atom is -0.396 e. The van der Waals surface area contributed by atoms with Crippen molar-refractivity contribution < 1.29 is 19.0 Å². The molecule has 1 aliphatic heterocycles. The van der Waals surface area contributed by atoms with E-state index in [1.165, 1.54) is 0 Å². The Bertz CT molecular complexity index is 267. The van der Waals surface area contributed by atoms with E-state index in [2.05, 4.69) is 4.90 Å². The first-order valence-corrected chi connectivity index (χ1v) is 5.72. The summed E-state index contributed by atoms with van der Waals surface area (Å²) in [6, 6.07) is 0. The van der Waals surface area contributed by atoms with E-state index >= 15 is 0 Å². The number of piperidine rings is 1. The van der Waals surface area contributed by atoms with Gasteiger partial charge >= 0.3 is 0 Å². The van der Waals surface area contributed by atoms with Gasteiger partial charge in [0, 0.05) is 31.3 Å². The van der Waals surface area contributed by atoms with Gasteiger partial charge in [-0.3, -0.25) is 0 Å². The van der Waals surface area contributed by atoms with E-state index in [9.17, 15) is 19.0 Å². The molecule has 0 unspecified atom stereocenters. The number of likely N-dealkylation sites (tertiary alicyclic amines) is 1. The van der Waals surface area contributed by atoms with Crippen molar-refractivity contribution in [2.45, 2.75) is 37.2 Å². The van der Waals surface area contributed by atoms with Crippen LogP contribution in [-0.4, -0.2) is 53.4 Å². The van der Waals surface area contributed by atoms with Crippen molar-refractivity contribution in [2.24, 2.45) is 5.41 Å². The molecule has 0 atom stereocenters. The van der Waals surface area contributed by atoms with E-state index in [0.717, 1.165) is 0 Å². The quantitative estimate of drug-likeness (QED) is 0.746. The Labute approximate surface area is 94.1 Å². The summed E-state index contributed by atoms with van der Waals surface area (Å²) in [6.45, 7) is 1.05. The predicted molar refractivity (Wildman–Crippen MR) is 55.4 cm³/mol. The van der Waals surface area contributed by atoms with Gasteiger partial charge in [-0.15, -0.1) is 0 Å². The van der Waals surface area contributed by atoms with Gasteiger partial charge < -0.3 is 15.1 Å². The van der Waals surface area contributed by atoms with Gasteiger partial charge in [-0.25, -0.2) is 8.78 Å². The number of nitrogens with zero attached hydrogens (tertiary/aromatic N) is 1. The zero-order valence-electron chi connectivity index (χ0n) is 9.55. The van der Waals surface area contributed by atoms with Gasteiger partial charge in [-0.2, -0.15) is 0 Å². The number of hydrogen-bond donors (Lipinski definition) is 2. The standard InChI is InChI=1S/C11H19F2NO2/c1-14-4-2-10(16,3-5-14)9(8-15)6-11(12,13)7-9/h15-16H,2-8H2,1H3. The number of alkyl halides is 2. The summed E-state index contributed by atoms with van der Waals surface area (Å²) in [5.41, 5.74) is -2.09. The van der Waals surface area contributed by atoms with Crippen molar-refractivity contribution in [3.63, 3.8) is 0 Å². The highest BCUT2D eigenvalue weighted by molar-refractivity contribution is 5.11. The molecule has 1 saturated heterocycles. The minimum absolute atomic E-state index is 0.344. The molecule has 5 heteroatoms. The molecule has 0 aromatic heterocycles. The Kier molecular flexibility index (Phi) is 2.76. The van der Waals surface area contributed by atoms with Crippen molar-refractivity contribution in [1.29, 1.82) is 0 Å². The molecular formula is C11H19F2NO2. The largest absolute Gasteiger partial charge is 0.396 e. The summed E-state index contributed by atoms with van der Waals surface area (Å²) in [6.07, 6.45) is 0.188. The van der Waals surface area contributed by atoms with E-state index in [-0.39, 0.29) is 19.4 Å².